The second kappa shape index (κ2) is 9.99. The van der Waals surface area contributed by atoms with E-state index in [2.05, 4.69) is 38.0 Å². The Morgan fingerprint density at radius 1 is 1.43 bits per heavy atom. The fraction of sp³-hybridized carbons (Fsp3) is 0.588. The van der Waals surface area contributed by atoms with Gasteiger partial charge < -0.3 is 9.84 Å². The minimum absolute atomic E-state index is 0.478. The van der Waals surface area contributed by atoms with Gasteiger partial charge in [0.2, 0.25) is 0 Å². The largest absolute Gasteiger partial charge is 0.490 e. The molecule has 1 atom stereocenters. The monoisotopic (exact) mass is 420 g/mol. The van der Waals surface area contributed by atoms with Crippen LogP contribution in [0.5, 0.6) is 0 Å². The maximum Gasteiger partial charge on any atom is 0.490 e. The van der Waals surface area contributed by atoms with Crippen LogP contribution in [-0.4, -0.2) is 56.7 Å². The SMILES string of the molecule is CCOCC1CN(Cc2csc(C)n2)Cc2ccnn2C1.O=C(O)C(F)(F)F. The molecule has 1 aliphatic heterocycles. The molecular formula is C17H23F3N4O3S. The highest BCUT2D eigenvalue weighted by Gasteiger charge is 2.38. The molecule has 2 aromatic heterocycles. The van der Waals surface area contributed by atoms with Crippen LogP contribution in [0, 0.1) is 12.8 Å². The van der Waals surface area contributed by atoms with Gasteiger partial charge in [0.15, 0.2) is 0 Å². The van der Waals surface area contributed by atoms with Crippen molar-refractivity contribution in [2.45, 2.75) is 39.7 Å². The van der Waals surface area contributed by atoms with Crippen molar-refractivity contribution < 1.29 is 27.8 Å². The Morgan fingerprint density at radius 3 is 2.71 bits per heavy atom. The van der Waals surface area contributed by atoms with Crippen molar-refractivity contribution in [2.75, 3.05) is 19.8 Å². The summed E-state index contributed by atoms with van der Waals surface area (Å²) in [6.07, 6.45) is -3.19. The summed E-state index contributed by atoms with van der Waals surface area (Å²) in [5, 5.41) is 14.9. The normalized spacial score (nSPS) is 17.4. The Kier molecular flexibility index (Phi) is 7.96. The number of fused-ring (bicyclic) bond motifs is 1. The number of hydrogen-bond acceptors (Lipinski definition) is 6. The lowest BCUT2D eigenvalue weighted by atomic mass is 10.1. The highest BCUT2D eigenvalue weighted by atomic mass is 32.1. The summed E-state index contributed by atoms with van der Waals surface area (Å²) in [7, 11) is 0. The number of carboxylic acid groups (broad SMARTS) is 1. The third-order valence-corrected chi connectivity index (χ3v) is 4.81. The molecule has 1 unspecified atom stereocenters. The summed E-state index contributed by atoms with van der Waals surface area (Å²) >= 11 is 1.72. The molecule has 0 aromatic carbocycles. The molecule has 3 rings (SSSR count). The molecule has 0 saturated heterocycles. The zero-order valence-electron chi connectivity index (χ0n) is 15.6. The van der Waals surface area contributed by atoms with Gasteiger partial charge in [-0.2, -0.15) is 18.3 Å². The van der Waals surface area contributed by atoms with Crippen molar-refractivity contribution in [1.29, 1.82) is 0 Å². The molecule has 0 amide bonds. The number of nitrogens with zero attached hydrogens (tertiary/aromatic N) is 4. The molecule has 3 heterocycles. The average Bonchev–Trinajstić information content (AvgIpc) is 3.17. The van der Waals surface area contributed by atoms with Crippen LogP contribution in [-0.2, 0) is 29.2 Å². The van der Waals surface area contributed by atoms with E-state index in [-0.39, 0.29) is 0 Å². The summed E-state index contributed by atoms with van der Waals surface area (Å²) < 4.78 is 39.5. The summed E-state index contributed by atoms with van der Waals surface area (Å²) in [5.41, 5.74) is 2.45. The molecule has 7 nitrogen and oxygen atoms in total. The number of carbonyl (C=O) groups is 1. The van der Waals surface area contributed by atoms with Crippen LogP contribution in [0.1, 0.15) is 23.3 Å². The minimum Gasteiger partial charge on any atom is -0.475 e. The molecule has 0 aliphatic carbocycles. The van der Waals surface area contributed by atoms with Crippen LogP contribution in [0.4, 0.5) is 13.2 Å². The molecule has 11 heteroatoms. The number of aliphatic carboxylic acids is 1. The molecule has 28 heavy (non-hydrogen) atoms. The van der Waals surface area contributed by atoms with E-state index in [9.17, 15) is 13.2 Å². The molecule has 1 aliphatic rings. The van der Waals surface area contributed by atoms with Crippen molar-refractivity contribution in [3.63, 3.8) is 0 Å². The Labute approximate surface area is 164 Å². The number of alkyl halides is 3. The van der Waals surface area contributed by atoms with Crippen molar-refractivity contribution in [2.24, 2.45) is 5.92 Å². The van der Waals surface area contributed by atoms with Gasteiger partial charge in [-0.3, -0.25) is 9.58 Å². The number of halogens is 3. The van der Waals surface area contributed by atoms with Gasteiger partial charge in [0.25, 0.3) is 0 Å². The Bertz CT molecular complexity index is 763. The first-order valence-corrected chi connectivity index (χ1v) is 9.59. The summed E-state index contributed by atoms with van der Waals surface area (Å²) in [6, 6.07) is 2.11. The fourth-order valence-electron chi connectivity index (χ4n) is 2.84. The third kappa shape index (κ3) is 6.88. The van der Waals surface area contributed by atoms with Gasteiger partial charge in [0.1, 0.15) is 0 Å². The number of ether oxygens (including phenoxy) is 1. The number of rotatable bonds is 5. The van der Waals surface area contributed by atoms with E-state index in [1.807, 2.05) is 13.1 Å². The average molecular weight is 420 g/mol. The highest BCUT2D eigenvalue weighted by molar-refractivity contribution is 7.09. The zero-order chi connectivity index (χ0) is 20.7. The number of aromatic nitrogens is 3. The van der Waals surface area contributed by atoms with Gasteiger partial charge in [-0.1, -0.05) is 0 Å². The van der Waals surface area contributed by atoms with Crippen LogP contribution in [0.25, 0.3) is 0 Å². The second-order valence-corrected chi connectivity index (χ2v) is 7.42. The van der Waals surface area contributed by atoms with E-state index in [1.165, 1.54) is 11.4 Å². The molecule has 0 radical (unpaired) electrons. The van der Waals surface area contributed by atoms with Crippen LogP contribution in [0.2, 0.25) is 0 Å². The fourth-order valence-corrected chi connectivity index (χ4v) is 3.44. The van der Waals surface area contributed by atoms with Gasteiger partial charge in [-0.05, 0) is 19.9 Å². The van der Waals surface area contributed by atoms with Gasteiger partial charge in [-0.15, -0.1) is 11.3 Å². The second-order valence-electron chi connectivity index (χ2n) is 6.36. The number of aryl methyl sites for hydroxylation is 1. The van der Waals surface area contributed by atoms with E-state index in [0.29, 0.717) is 5.92 Å². The molecule has 0 saturated carbocycles. The van der Waals surface area contributed by atoms with E-state index >= 15 is 0 Å². The molecule has 156 valence electrons. The predicted octanol–water partition coefficient (Wildman–Crippen LogP) is 2.95. The lowest BCUT2D eigenvalue weighted by Gasteiger charge is -2.22. The van der Waals surface area contributed by atoms with Crippen molar-refractivity contribution in [3.05, 3.63) is 34.0 Å². The number of thiazole rings is 1. The maximum atomic E-state index is 10.6. The standard InChI is InChI=1S/C15H22N4OS.C2HF3O2/c1-3-20-10-13-6-18(8-14-11-21-12(2)17-14)9-15-4-5-16-19(15)7-13;3-2(4,5)1(6)7/h4-5,11,13H,3,6-10H2,1-2H3;(H,6,7). The maximum absolute atomic E-state index is 10.6. The van der Waals surface area contributed by atoms with Crippen molar-refractivity contribution in [3.8, 4) is 0 Å². The Morgan fingerprint density at radius 2 is 2.14 bits per heavy atom. The van der Waals surface area contributed by atoms with E-state index in [0.717, 1.165) is 44.4 Å². The molecule has 0 fully saturated rings. The van der Waals surface area contributed by atoms with Gasteiger partial charge in [0.05, 0.1) is 23.0 Å². The topological polar surface area (TPSA) is 80.5 Å². The lowest BCUT2D eigenvalue weighted by Crippen LogP contribution is -2.30. The van der Waals surface area contributed by atoms with Crippen LogP contribution >= 0.6 is 11.3 Å². The number of hydrogen-bond donors (Lipinski definition) is 1. The lowest BCUT2D eigenvalue weighted by molar-refractivity contribution is -0.192. The van der Waals surface area contributed by atoms with Crippen LogP contribution in [0.3, 0.4) is 0 Å². The summed E-state index contributed by atoms with van der Waals surface area (Å²) in [5.74, 6) is -2.28. The molecular weight excluding hydrogens is 397 g/mol. The summed E-state index contributed by atoms with van der Waals surface area (Å²) in [4.78, 5) is 15.9. The van der Waals surface area contributed by atoms with Crippen LogP contribution < -0.4 is 0 Å². The first kappa shape index (κ1) is 22.3. The minimum atomic E-state index is -5.08. The summed E-state index contributed by atoms with van der Waals surface area (Å²) in [6.45, 7) is 9.47. The third-order valence-electron chi connectivity index (χ3n) is 3.99. The highest BCUT2D eigenvalue weighted by Crippen LogP contribution is 2.19. The van der Waals surface area contributed by atoms with E-state index in [4.69, 9.17) is 14.6 Å². The van der Waals surface area contributed by atoms with E-state index in [1.54, 1.807) is 11.3 Å². The molecule has 1 N–H and O–H groups in total. The smallest absolute Gasteiger partial charge is 0.475 e. The first-order valence-electron chi connectivity index (χ1n) is 8.71. The van der Waals surface area contributed by atoms with E-state index < -0.39 is 12.1 Å². The zero-order valence-corrected chi connectivity index (χ0v) is 16.5. The van der Waals surface area contributed by atoms with Crippen LogP contribution in [0.15, 0.2) is 17.6 Å². The van der Waals surface area contributed by atoms with Gasteiger partial charge >= 0.3 is 12.1 Å². The van der Waals surface area contributed by atoms with Crippen molar-refractivity contribution in [1.82, 2.24) is 19.7 Å². The molecule has 2 aromatic rings. The first-order chi connectivity index (χ1) is 13.2. The quantitative estimate of drug-likeness (QED) is 0.801. The Hall–Kier alpha value is -1.98. The van der Waals surface area contributed by atoms with Gasteiger partial charge in [-0.25, -0.2) is 9.78 Å². The number of carboxylic acids is 1. The molecule has 0 bridgehead atoms. The Balaban J connectivity index is 0.000000345. The van der Waals surface area contributed by atoms with Gasteiger partial charge in [0, 0.05) is 50.3 Å². The van der Waals surface area contributed by atoms with Crippen molar-refractivity contribution >= 4 is 17.3 Å². The molecule has 0 spiro atoms. The predicted molar refractivity (Wildman–Crippen MR) is 96.9 cm³/mol.